The van der Waals surface area contributed by atoms with E-state index >= 15 is 0 Å². The summed E-state index contributed by atoms with van der Waals surface area (Å²) >= 11 is 0. The third-order valence-corrected chi connectivity index (χ3v) is 5.61. The summed E-state index contributed by atoms with van der Waals surface area (Å²) in [5.41, 5.74) is 5.81. The van der Waals surface area contributed by atoms with Crippen molar-refractivity contribution in [3.05, 3.63) is 70.8 Å². The van der Waals surface area contributed by atoms with Crippen LogP contribution in [-0.4, -0.2) is 36.0 Å². The summed E-state index contributed by atoms with van der Waals surface area (Å²) in [6.07, 6.45) is 2.36. The van der Waals surface area contributed by atoms with E-state index in [1.165, 1.54) is 61.3 Å². The molecule has 0 spiro atoms. The van der Waals surface area contributed by atoms with Crippen molar-refractivity contribution in [2.75, 3.05) is 26.2 Å². The Morgan fingerprint density at radius 1 is 0.536 bits per heavy atom. The van der Waals surface area contributed by atoms with E-state index in [-0.39, 0.29) is 0 Å². The van der Waals surface area contributed by atoms with Crippen LogP contribution in [-0.2, 0) is 25.9 Å². The zero-order valence-corrected chi connectivity index (χ0v) is 18.3. The van der Waals surface area contributed by atoms with Gasteiger partial charge in [0.15, 0.2) is 0 Å². The van der Waals surface area contributed by atoms with E-state index in [9.17, 15) is 0 Å². The Bertz CT molecular complexity index is 629. The van der Waals surface area contributed by atoms with Crippen LogP contribution < -0.4 is 0 Å². The SMILES string of the molecule is CC(C)Cc1ccc(CN2CCN(Cc3ccc(CC(C)C)cc3)CC2)cc1. The van der Waals surface area contributed by atoms with Crippen LogP contribution in [0.3, 0.4) is 0 Å². The number of nitrogens with zero attached hydrogens (tertiary/aromatic N) is 2. The van der Waals surface area contributed by atoms with Crippen LogP contribution in [0.4, 0.5) is 0 Å². The minimum atomic E-state index is 0.727. The zero-order chi connectivity index (χ0) is 19.9. The van der Waals surface area contributed by atoms with Crippen LogP contribution in [0.2, 0.25) is 0 Å². The fourth-order valence-corrected chi connectivity index (χ4v) is 4.13. The second kappa shape index (κ2) is 10.2. The Labute approximate surface area is 172 Å². The van der Waals surface area contributed by atoms with E-state index in [1.54, 1.807) is 0 Å². The first-order valence-corrected chi connectivity index (χ1v) is 11.1. The monoisotopic (exact) mass is 378 g/mol. The molecule has 0 aliphatic carbocycles. The molecule has 1 aliphatic heterocycles. The molecule has 1 fully saturated rings. The standard InChI is InChI=1S/C26H38N2/c1-21(2)17-23-5-9-25(10-6-23)19-27-13-15-28(16-14-27)20-26-11-7-24(8-12-26)18-22(3)4/h5-12,21-22H,13-20H2,1-4H3. The number of hydrogen-bond acceptors (Lipinski definition) is 2. The van der Waals surface area contributed by atoms with Crippen molar-refractivity contribution in [1.82, 2.24) is 9.80 Å². The van der Waals surface area contributed by atoms with E-state index < -0.39 is 0 Å². The van der Waals surface area contributed by atoms with Crippen molar-refractivity contribution in [3.63, 3.8) is 0 Å². The van der Waals surface area contributed by atoms with Crippen molar-refractivity contribution < 1.29 is 0 Å². The molecule has 2 heteroatoms. The highest BCUT2D eigenvalue weighted by atomic mass is 15.3. The Morgan fingerprint density at radius 2 is 0.821 bits per heavy atom. The maximum Gasteiger partial charge on any atom is 0.0234 e. The van der Waals surface area contributed by atoms with E-state index in [1.807, 2.05) is 0 Å². The summed E-state index contributed by atoms with van der Waals surface area (Å²) in [6.45, 7) is 16.0. The molecular formula is C26H38N2. The van der Waals surface area contributed by atoms with Gasteiger partial charge in [-0.3, -0.25) is 9.80 Å². The number of benzene rings is 2. The lowest BCUT2D eigenvalue weighted by Gasteiger charge is -2.34. The summed E-state index contributed by atoms with van der Waals surface area (Å²) < 4.78 is 0. The highest BCUT2D eigenvalue weighted by Crippen LogP contribution is 2.15. The van der Waals surface area contributed by atoms with Crippen LogP contribution in [0.5, 0.6) is 0 Å². The van der Waals surface area contributed by atoms with E-state index in [2.05, 4.69) is 86.0 Å². The van der Waals surface area contributed by atoms with Gasteiger partial charge >= 0.3 is 0 Å². The predicted octanol–water partition coefficient (Wildman–Crippen LogP) is 5.40. The second-order valence-electron chi connectivity index (χ2n) is 9.38. The van der Waals surface area contributed by atoms with E-state index in [4.69, 9.17) is 0 Å². The predicted molar refractivity (Wildman–Crippen MR) is 121 cm³/mol. The van der Waals surface area contributed by atoms with Crippen LogP contribution in [0.15, 0.2) is 48.5 Å². The molecule has 1 heterocycles. The zero-order valence-electron chi connectivity index (χ0n) is 18.3. The summed E-state index contributed by atoms with van der Waals surface area (Å²) in [6, 6.07) is 18.5. The summed E-state index contributed by atoms with van der Waals surface area (Å²) in [4.78, 5) is 5.19. The van der Waals surface area contributed by atoms with Gasteiger partial charge in [0, 0.05) is 39.3 Å². The highest BCUT2D eigenvalue weighted by Gasteiger charge is 2.17. The molecule has 0 radical (unpaired) electrons. The minimum absolute atomic E-state index is 0.727. The van der Waals surface area contributed by atoms with Gasteiger partial charge in [-0.25, -0.2) is 0 Å². The summed E-state index contributed by atoms with van der Waals surface area (Å²) in [5.74, 6) is 1.45. The molecule has 28 heavy (non-hydrogen) atoms. The minimum Gasteiger partial charge on any atom is -0.297 e. The fourth-order valence-electron chi connectivity index (χ4n) is 4.13. The van der Waals surface area contributed by atoms with Gasteiger partial charge in [0.1, 0.15) is 0 Å². The van der Waals surface area contributed by atoms with E-state index in [0.717, 1.165) is 24.9 Å². The lowest BCUT2D eigenvalue weighted by Crippen LogP contribution is -2.45. The molecule has 0 atom stereocenters. The summed E-state index contributed by atoms with van der Waals surface area (Å²) in [5, 5.41) is 0. The number of rotatable bonds is 8. The van der Waals surface area contributed by atoms with Crippen molar-refractivity contribution in [1.29, 1.82) is 0 Å². The van der Waals surface area contributed by atoms with Gasteiger partial charge in [-0.05, 0) is 46.9 Å². The molecule has 2 nitrogen and oxygen atoms in total. The van der Waals surface area contributed by atoms with Gasteiger partial charge in [0.2, 0.25) is 0 Å². The first-order valence-electron chi connectivity index (χ1n) is 11.1. The Balaban J connectivity index is 1.43. The summed E-state index contributed by atoms with van der Waals surface area (Å²) in [7, 11) is 0. The average Bonchev–Trinajstić information content (AvgIpc) is 2.66. The van der Waals surface area contributed by atoms with Gasteiger partial charge in [0.25, 0.3) is 0 Å². The molecule has 0 amide bonds. The lowest BCUT2D eigenvalue weighted by atomic mass is 10.0. The molecule has 1 aliphatic rings. The van der Waals surface area contributed by atoms with Crippen LogP contribution in [0.1, 0.15) is 49.9 Å². The van der Waals surface area contributed by atoms with Crippen LogP contribution >= 0.6 is 0 Å². The largest absolute Gasteiger partial charge is 0.297 e. The maximum atomic E-state index is 2.60. The molecular weight excluding hydrogens is 340 g/mol. The first kappa shape index (κ1) is 21.1. The Morgan fingerprint density at radius 3 is 1.11 bits per heavy atom. The molecule has 0 aromatic heterocycles. The Hall–Kier alpha value is -1.64. The molecule has 0 N–H and O–H groups in total. The molecule has 0 unspecified atom stereocenters. The fraction of sp³-hybridized carbons (Fsp3) is 0.538. The van der Waals surface area contributed by atoms with Crippen molar-refractivity contribution in [3.8, 4) is 0 Å². The molecule has 2 aromatic carbocycles. The number of piperazine rings is 1. The molecule has 3 rings (SSSR count). The van der Waals surface area contributed by atoms with Gasteiger partial charge in [0.05, 0.1) is 0 Å². The lowest BCUT2D eigenvalue weighted by molar-refractivity contribution is 0.122. The quantitative estimate of drug-likeness (QED) is 0.607. The molecule has 152 valence electrons. The third-order valence-electron chi connectivity index (χ3n) is 5.61. The normalized spacial score (nSPS) is 16.2. The average molecular weight is 379 g/mol. The number of hydrogen-bond donors (Lipinski definition) is 0. The van der Waals surface area contributed by atoms with Gasteiger partial charge in [-0.15, -0.1) is 0 Å². The second-order valence-corrected chi connectivity index (χ2v) is 9.38. The maximum absolute atomic E-state index is 2.60. The highest BCUT2D eigenvalue weighted by molar-refractivity contribution is 5.24. The van der Waals surface area contributed by atoms with Crippen molar-refractivity contribution in [2.24, 2.45) is 11.8 Å². The third kappa shape index (κ3) is 6.76. The Kier molecular flexibility index (Phi) is 7.70. The van der Waals surface area contributed by atoms with Gasteiger partial charge in [-0.1, -0.05) is 76.2 Å². The van der Waals surface area contributed by atoms with Crippen molar-refractivity contribution in [2.45, 2.75) is 53.6 Å². The smallest absolute Gasteiger partial charge is 0.0234 e. The molecule has 0 saturated carbocycles. The van der Waals surface area contributed by atoms with Crippen LogP contribution in [0.25, 0.3) is 0 Å². The molecule has 2 aromatic rings. The molecule has 0 bridgehead atoms. The topological polar surface area (TPSA) is 6.48 Å². The van der Waals surface area contributed by atoms with Crippen molar-refractivity contribution >= 4 is 0 Å². The first-order chi connectivity index (χ1) is 13.5. The molecule has 1 saturated heterocycles. The van der Waals surface area contributed by atoms with Gasteiger partial charge < -0.3 is 0 Å². The van der Waals surface area contributed by atoms with E-state index in [0.29, 0.717) is 0 Å². The van der Waals surface area contributed by atoms with Crippen LogP contribution in [0, 0.1) is 11.8 Å². The van der Waals surface area contributed by atoms with Gasteiger partial charge in [-0.2, -0.15) is 0 Å².